The van der Waals surface area contributed by atoms with E-state index < -0.39 is 46.7 Å². The molecule has 0 radical (unpaired) electrons. The lowest BCUT2D eigenvalue weighted by Crippen LogP contribution is -2.42. The van der Waals surface area contributed by atoms with Crippen LogP contribution in [0.1, 0.15) is 31.1 Å². The Morgan fingerprint density at radius 3 is 2.32 bits per heavy atom. The van der Waals surface area contributed by atoms with Gasteiger partial charge in [-0.1, -0.05) is 0 Å². The maximum atomic E-state index is 13.5. The first-order chi connectivity index (χ1) is 14.7. The van der Waals surface area contributed by atoms with Crippen LogP contribution in [-0.4, -0.2) is 53.1 Å². The maximum absolute atomic E-state index is 13.5. The highest BCUT2D eigenvalue weighted by Gasteiger charge is 2.37. The summed E-state index contributed by atoms with van der Waals surface area (Å²) in [5.74, 6) is -4.99. The van der Waals surface area contributed by atoms with Gasteiger partial charge >= 0.3 is 0 Å². The second-order valence-electron chi connectivity index (χ2n) is 6.41. The van der Waals surface area contributed by atoms with Crippen LogP contribution in [0.4, 0.5) is 14.5 Å². The number of non-ortho nitro benzene ring substituents is 1. The van der Waals surface area contributed by atoms with E-state index in [1.54, 1.807) is 0 Å². The Kier molecular flexibility index (Phi) is 6.00. The van der Waals surface area contributed by atoms with E-state index in [1.165, 1.54) is 0 Å². The molecule has 160 valence electrons. The Bertz CT molecular complexity index is 1120. The highest BCUT2D eigenvalue weighted by atomic mass is 19.1. The summed E-state index contributed by atoms with van der Waals surface area (Å²) in [6, 6.07) is 5.67. The van der Waals surface area contributed by atoms with Crippen molar-refractivity contribution in [1.82, 2.24) is 15.5 Å². The standard InChI is InChI=1S/C19H14F2N4O6/c20-10-1-3-13(15(21)7-10)17(27)23-6-5-22-16(26)9-24-18(28)12-4-2-11(25(30)31)8-14(12)19(24)29/h1-4,7-8H,5-6,9H2,(H,22,26)(H,23,27). The van der Waals surface area contributed by atoms with Crippen LogP contribution < -0.4 is 10.6 Å². The number of hydrogen-bond donors (Lipinski definition) is 2. The van der Waals surface area contributed by atoms with E-state index in [9.17, 15) is 38.1 Å². The first-order valence-corrected chi connectivity index (χ1v) is 8.83. The molecule has 2 aromatic rings. The van der Waals surface area contributed by atoms with Crippen LogP contribution >= 0.6 is 0 Å². The molecule has 1 aliphatic heterocycles. The fourth-order valence-electron chi connectivity index (χ4n) is 2.88. The summed E-state index contributed by atoms with van der Waals surface area (Å²) >= 11 is 0. The molecule has 0 saturated carbocycles. The predicted molar refractivity (Wildman–Crippen MR) is 100 cm³/mol. The number of imide groups is 1. The third kappa shape index (κ3) is 4.52. The molecule has 31 heavy (non-hydrogen) atoms. The summed E-state index contributed by atoms with van der Waals surface area (Å²) < 4.78 is 26.4. The van der Waals surface area contributed by atoms with Crippen LogP contribution in [0.2, 0.25) is 0 Å². The molecule has 2 N–H and O–H groups in total. The third-order valence-corrected chi connectivity index (χ3v) is 4.38. The van der Waals surface area contributed by atoms with E-state index in [0.29, 0.717) is 11.0 Å². The fourth-order valence-corrected chi connectivity index (χ4v) is 2.88. The molecule has 0 saturated heterocycles. The highest BCUT2D eigenvalue weighted by molar-refractivity contribution is 6.22. The van der Waals surface area contributed by atoms with Crippen molar-refractivity contribution in [3.63, 3.8) is 0 Å². The van der Waals surface area contributed by atoms with Gasteiger partial charge in [0.1, 0.15) is 18.2 Å². The van der Waals surface area contributed by atoms with Crippen LogP contribution in [0.3, 0.4) is 0 Å². The highest BCUT2D eigenvalue weighted by Crippen LogP contribution is 2.26. The molecule has 2 aromatic carbocycles. The van der Waals surface area contributed by atoms with Gasteiger partial charge in [0.2, 0.25) is 5.91 Å². The molecule has 3 rings (SSSR count). The quantitative estimate of drug-likeness (QED) is 0.290. The van der Waals surface area contributed by atoms with Crippen LogP contribution in [-0.2, 0) is 4.79 Å². The molecule has 0 aromatic heterocycles. The van der Waals surface area contributed by atoms with Crippen LogP contribution in [0, 0.1) is 21.7 Å². The summed E-state index contributed by atoms with van der Waals surface area (Å²) in [7, 11) is 0. The van der Waals surface area contributed by atoms with Crippen molar-refractivity contribution in [2.75, 3.05) is 19.6 Å². The van der Waals surface area contributed by atoms with Gasteiger partial charge in [0, 0.05) is 31.3 Å². The topological polar surface area (TPSA) is 139 Å². The van der Waals surface area contributed by atoms with E-state index in [-0.39, 0.29) is 35.5 Å². The SMILES string of the molecule is O=C(CN1C(=O)c2ccc([N+](=O)[O-])cc2C1=O)NCCNC(=O)c1ccc(F)cc1F. The van der Waals surface area contributed by atoms with Gasteiger partial charge in [0.05, 0.1) is 21.6 Å². The Morgan fingerprint density at radius 2 is 1.65 bits per heavy atom. The van der Waals surface area contributed by atoms with E-state index in [4.69, 9.17) is 0 Å². The van der Waals surface area contributed by atoms with Gasteiger partial charge in [-0.2, -0.15) is 0 Å². The zero-order valence-corrected chi connectivity index (χ0v) is 15.7. The number of rotatable bonds is 7. The van der Waals surface area contributed by atoms with Crippen molar-refractivity contribution in [2.24, 2.45) is 0 Å². The second-order valence-corrected chi connectivity index (χ2v) is 6.41. The molecular formula is C19H14F2N4O6. The lowest BCUT2D eigenvalue weighted by atomic mass is 10.1. The minimum Gasteiger partial charge on any atom is -0.353 e. The predicted octanol–water partition coefficient (Wildman–Crippen LogP) is 1.02. The van der Waals surface area contributed by atoms with Gasteiger partial charge < -0.3 is 10.6 Å². The Hall–Kier alpha value is -4.22. The molecule has 10 nitrogen and oxygen atoms in total. The number of nitrogens with one attached hydrogen (secondary N) is 2. The molecule has 0 atom stereocenters. The number of halogens is 2. The fraction of sp³-hybridized carbons (Fsp3) is 0.158. The minimum absolute atomic E-state index is 0.0445. The molecule has 4 amide bonds. The number of nitrogens with zero attached hydrogens (tertiary/aromatic N) is 2. The van der Waals surface area contributed by atoms with Crippen molar-refractivity contribution < 1.29 is 32.9 Å². The van der Waals surface area contributed by atoms with Gasteiger partial charge in [-0.05, 0) is 18.2 Å². The summed E-state index contributed by atoms with van der Waals surface area (Å²) in [6.45, 7) is -0.821. The molecule has 0 fully saturated rings. The number of hydrogen-bond acceptors (Lipinski definition) is 6. The van der Waals surface area contributed by atoms with E-state index in [1.807, 2.05) is 0 Å². The average molecular weight is 432 g/mol. The molecule has 0 bridgehead atoms. The van der Waals surface area contributed by atoms with Gasteiger partial charge in [-0.25, -0.2) is 8.78 Å². The zero-order valence-electron chi connectivity index (χ0n) is 15.7. The molecule has 0 spiro atoms. The van der Waals surface area contributed by atoms with E-state index >= 15 is 0 Å². The lowest BCUT2D eigenvalue weighted by Gasteiger charge is -2.13. The van der Waals surface area contributed by atoms with Crippen molar-refractivity contribution in [3.8, 4) is 0 Å². The lowest BCUT2D eigenvalue weighted by molar-refractivity contribution is -0.384. The van der Waals surface area contributed by atoms with Crippen LogP contribution in [0.25, 0.3) is 0 Å². The van der Waals surface area contributed by atoms with Crippen molar-refractivity contribution in [2.45, 2.75) is 0 Å². The molecule has 0 unspecified atom stereocenters. The summed E-state index contributed by atoms with van der Waals surface area (Å²) in [5.41, 5.74) is -0.940. The first-order valence-electron chi connectivity index (χ1n) is 8.83. The molecule has 1 aliphatic rings. The molecule has 1 heterocycles. The van der Waals surface area contributed by atoms with Gasteiger partial charge in [0.25, 0.3) is 23.4 Å². The molecule has 12 heteroatoms. The average Bonchev–Trinajstić information content (AvgIpc) is 2.95. The Labute approximate surface area is 173 Å². The van der Waals surface area contributed by atoms with E-state index in [2.05, 4.69) is 10.6 Å². The van der Waals surface area contributed by atoms with Gasteiger partial charge in [-0.3, -0.25) is 34.2 Å². The summed E-state index contributed by atoms with van der Waals surface area (Å²) in [6.07, 6.45) is 0. The number of benzene rings is 2. The summed E-state index contributed by atoms with van der Waals surface area (Å²) in [5, 5.41) is 15.5. The molecular weight excluding hydrogens is 418 g/mol. The Balaban J connectivity index is 1.51. The van der Waals surface area contributed by atoms with Gasteiger partial charge in [-0.15, -0.1) is 0 Å². The number of fused-ring (bicyclic) bond motifs is 1. The number of carbonyl (C=O) groups excluding carboxylic acids is 4. The van der Waals surface area contributed by atoms with Crippen LogP contribution in [0.15, 0.2) is 36.4 Å². The largest absolute Gasteiger partial charge is 0.353 e. The van der Waals surface area contributed by atoms with Crippen molar-refractivity contribution >= 4 is 29.3 Å². The maximum Gasteiger partial charge on any atom is 0.270 e. The monoisotopic (exact) mass is 432 g/mol. The number of carbonyl (C=O) groups is 4. The zero-order chi connectivity index (χ0) is 22.7. The molecule has 0 aliphatic carbocycles. The van der Waals surface area contributed by atoms with Crippen LogP contribution in [0.5, 0.6) is 0 Å². The number of nitro benzene ring substituents is 1. The third-order valence-electron chi connectivity index (χ3n) is 4.38. The Morgan fingerprint density at radius 1 is 0.968 bits per heavy atom. The van der Waals surface area contributed by atoms with Crippen molar-refractivity contribution in [1.29, 1.82) is 0 Å². The number of amides is 4. The van der Waals surface area contributed by atoms with Gasteiger partial charge in [0.15, 0.2) is 0 Å². The second kappa shape index (κ2) is 8.65. The number of nitro groups is 1. The van der Waals surface area contributed by atoms with Crippen molar-refractivity contribution in [3.05, 3.63) is 74.8 Å². The first kappa shape index (κ1) is 21.5. The normalized spacial score (nSPS) is 12.5. The summed E-state index contributed by atoms with van der Waals surface area (Å²) in [4.78, 5) is 59.3. The minimum atomic E-state index is -1.03. The smallest absolute Gasteiger partial charge is 0.270 e. The van der Waals surface area contributed by atoms with E-state index in [0.717, 1.165) is 30.3 Å².